The molecule has 3 rings (SSSR count). The number of piperidine rings is 1. The van der Waals surface area contributed by atoms with Gasteiger partial charge in [-0.3, -0.25) is 0 Å². The largest absolute Gasteiger partial charge is 0.375 e. The molecule has 2 saturated heterocycles. The first-order valence-electron chi connectivity index (χ1n) is 7.75. The Morgan fingerprint density at radius 1 is 1.36 bits per heavy atom. The molecule has 22 heavy (non-hydrogen) atoms. The average molecular weight is 329 g/mol. The van der Waals surface area contributed by atoms with Crippen molar-refractivity contribution in [3.8, 4) is 0 Å². The number of aromatic nitrogens is 2. The minimum atomic E-state index is -3.10. The number of rotatable bonds is 3. The van der Waals surface area contributed by atoms with Crippen molar-refractivity contribution in [1.29, 1.82) is 0 Å². The molecule has 8 heteroatoms. The van der Waals surface area contributed by atoms with Crippen LogP contribution in [0, 0.1) is 12.8 Å². The predicted octanol–water partition coefficient (Wildman–Crippen LogP) is 1.14. The molecule has 124 valence electrons. The molecule has 0 aromatic carbocycles. The fourth-order valence-electron chi connectivity index (χ4n) is 3.56. The summed E-state index contributed by atoms with van der Waals surface area (Å²) in [5.41, 5.74) is -0.178. The number of nitrogens with zero attached hydrogens (tertiary/aromatic N) is 3. The Balaban J connectivity index is 1.61. The van der Waals surface area contributed by atoms with Crippen molar-refractivity contribution in [2.24, 2.45) is 5.92 Å². The van der Waals surface area contributed by atoms with Crippen LogP contribution >= 0.6 is 0 Å². The molecule has 0 saturated carbocycles. The SMILES string of the molecule is Cc1nc(CC2CCOC3(CCN(S(C)(=O)=O)CC3)C2)no1. The molecule has 7 nitrogen and oxygen atoms in total. The van der Waals surface area contributed by atoms with Crippen LogP contribution in [0.1, 0.15) is 37.4 Å². The minimum absolute atomic E-state index is 0.178. The van der Waals surface area contributed by atoms with Crippen molar-refractivity contribution in [3.63, 3.8) is 0 Å². The number of aryl methyl sites for hydroxylation is 1. The summed E-state index contributed by atoms with van der Waals surface area (Å²) in [5.74, 6) is 1.82. The van der Waals surface area contributed by atoms with Gasteiger partial charge in [0.15, 0.2) is 5.82 Å². The van der Waals surface area contributed by atoms with Gasteiger partial charge in [-0.1, -0.05) is 5.16 Å². The van der Waals surface area contributed by atoms with Gasteiger partial charge in [-0.05, 0) is 31.6 Å². The van der Waals surface area contributed by atoms with Gasteiger partial charge in [-0.25, -0.2) is 12.7 Å². The molecule has 2 aliphatic heterocycles. The van der Waals surface area contributed by atoms with Crippen molar-refractivity contribution in [2.45, 2.75) is 44.6 Å². The van der Waals surface area contributed by atoms with E-state index in [0.29, 0.717) is 24.9 Å². The van der Waals surface area contributed by atoms with Gasteiger partial charge in [0.25, 0.3) is 0 Å². The van der Waals surface area contributed by atoms with Crippen LogP contribution < -0.4 is 0 Å². The van der Waals surface area contributed by atoms with Gasteiger partial charge in [0.05, 0.1) is 11.9 Å². The van der Waals surface area contributed by atoms with Crippen molar-refractivity contribution >= 4 is 10.0 Å². The van der Waals surface area contributed by atoms with E-state index in [0.717, 1.165) is 44.5 Å². The van der Waals surface area contributed by atoms with Gasteiger partial charge in [0, 0.05) is 33.0 Å². The molecule has 2 aliphatic rings. The van der Waals surface area contributed by atoms with Crippen molar-refractivity contribution in [2.75, 3.05) is 26.0 Å². The summed E-state index contributed by atoms with van der Waals surface area (Å²) in [6, 6.07) is 0. The zero-order chi connectivity index (χ0) is 15.8. The Morgan fingerprint density at radius 3 is 2.68 bits per heavy atom. The average Bonchev–Trinajstić information content (AvgIpc) is 2.84. The Labute approximate surface area is 131 Å². The lowest BCUT2D eigenvalue weighted by Crippen LogP contribution is -2.50. The van der Waals surface area contributed by atoms with E-state index in [1.165, 1.54) is 6.26 Å². The Kier molecular flexibility index (Phi) is 4.26. The molecule has 0 N–H and O–H groups in total. The lowest BCUT2D eigenvalue weighted by molar-refractivity contribution is -0.120. The van der Waals surface area contributed by atoms with Gasteiger partial charge < -0.3 is 9.26 Å². The molecule has 0 amide bonds. The van der Waals surface area contributed by atoms with Gasteiger partial charge in [-0.2, -0.15) is 4.98 Å². The molecule has 0 radical (unpaired) electrons. The zero-order valence-electron chi connectivity index (χ0n) is 13.1. The van der Waals surface area contributed by atoms with Crippen LogP contribution in [0.3, 0.4) is 0 Å². The van der Waals surface area contributed by atoms with Crippen LogP contribution in [-0.4, -0.2) is 54.4 Å². The number of sulfonamides is 1. The predicted molar refractivity (Wildman–Crippen MR) is 79.8 cm³/mol. The second kappa shape index (κ2) is 5.90. The molecule has 2 fully saturated rings. The standard InChI is InChI=1S/C14H23N3O4S/c1-11-15-13(16-21-11)9-12-3-8-20-14(10-12)4-6-17(7-5-14)22(2,18)19/h12H,3-10H2,1-2H3. The summed E-state index contributed by atoms with van der Waals surface area (Å²) in [5, 5.41) is 3.97. The minimum Gasteiger partial charge on any atom is -0.375 e. The molecule has 3 heterocycles. The molecule has 1 spiro atoms. The second-order valence-electron chi connectivity index (χ2n) is 6.49. The normalized spacial score (nSPS) is 26.4. The highest BCUT2D eigenvalue weighted by Gasteiger charge is 2.42. The van der Waals surface area contributed by atoms with Crippen molar-refractivity contribution < 1.29 is 17.7 Å². The second-order valence-corrected chi connectivity index (χ2v) is 8.47. The maximum Gasteiger partial charge on any atom is 0.223 e. The molecule has 1 aromatic heterocycles. The summed E-state index contributed by atoms with van der Waals surface area (Å²) in [6.45, 7) is 3.61. The third kappa shape index (κ3) is 3.49. The number of hydrogen-bond donors (Lipinski definition) is 0. The molecule has 1 atom stereocenters. The third-order valence-electron chi connectivity index (χ3n) is 4.74. The van der Waals surface area contributed by atoms with E-state index >= 15 is 0 Å². The maximum absolute atomic E-state index is 11.6. The van der Waals surface area contributed by atoms with E-state index in [2.05, 4.69) is 10.1 Å². The summed E-state index contributed by atoms with van der Waals surface area (Å²) in [6.07, 6.45) is 5.54. The first kappa shape index (κ1) is 15.9. The number of ether oxygens (including phenoxy) is 1. The van der Waals surface area contributed by atoms with Crippen LogP contribution in [0.5, 0.6) is 0 Å². The van der Waals surface area contributed by atoms with E-state index in [1.807, 2.05) is 0 Å². The van der Waals surface area contributed by atoms with Gasteiger partial charge in [0.1, 0.15) is 0 Å². The molecular weight excluding hydrogens is 306 g/mol. The highest BCUT2D eigenvalue weighted by atomic mass is 32.2. The van der Waals surface area contributed by atoms with Crippen LogP contribution in [0.25, 0.3) is 0 Å². The highest BCUT2D eigenvalue weighted by Crippen LogP contribution is 2.38. The van der Waals surface area contributed by atoms with E-state index in [-0.39, 0.29) is 5.60 Å². The van der Waals surface area contributed by atoms with Crippen LogP contribution in [0.15, 0.2) is 4.52 Å². The van der Waals surface area contributed by atoms with E-state index < -0.39 is 10.0 Å². The fraction of sp³-hybridized carbons (Fsp3) is 0.857. The molecule has 0 aliphatic carbocycles. The summed E-state index contributed by atoms with van der Waals surface area (Å²) < 4.78 is 35.9. The van der Waals surface area contributed by atoms with E-state index in [9.17, 15) is 8.42 Å². The first-order chi connectivity index (χ1) is 10.4. The monoisotopic (exact) mass is 329 g/mol. The van der Waals surface area contributed by atoms with Crippen LogP contribution in [0.2, 0.25) is 0 Å². The van der Waals surface area contributed by atoms with Crippen LogP contribution in [0.4, 0.5) is 0 Å². The van der Waals surface area contributed by atoms with E-state index in [4.69, 9.17) is 9.26 Å². The summed E-state index contributed by atoms with van der Waals surface area (Å²) >= 11 is 0. The molecule has 1 aromatic rings. The van der Waals surface area contributed by atoms with Crippen molar-refractivity contribution in [3.05, 3.63) is 11.7 Å². The molecular formula is C14H23N3O4S. The Morgan fingerprint density at radius 2 is 2.09 bits per heavy atom. The third-order valence-corrected chi connectivity index (χ3v) is 6.04. The molecule has 0 bridgehead atoms. The first-order valence-corrected chi connectivity index (χ1v) is 9.59. The van der Waals surface area contributed by atoms with Gasteiger partial charge in [-0.15, -0.1) is 0 Å². The van der Waals surface area contributed by atoms with Gasteiger partial charge >= 0.3 is 0 Å². The summed E-state index contributed by atoms with van der Waals surface area (Å²) in [7, 11) is -3.10. The zero-order valence-corrected chi connectivity index (χ0v) is 13.9. The quantitative estimate of drug-likeness (QED) is 0.827. The van der Waals surface area contributed by atoms with E-state index in [1.54, 1.807) is 11.2 Å². The smallest absolute Gasteiger partial charge is 0.223 e. The highest BCUT2D eigenvalue weighted by molar-refractivity contribution is 7.88. The maximum atomic E-state index is 11.6. The van der Waals surface area contributed by atoms with Crippen molar-refractivity contribution in [1.82, 2.24) is 14.4 Å². The lowest BCUT2D eigenvalue weighted by Gasteiger charge is -2.45. The fourth-order valence-corrected chi connectivity index (χ4v) is 4.41. The summed E-state index contributed by atoms with van der Waals surface area (Å²) in [4.78, 5) is 4.28. The number of hydrogen-bond acceptors (Lipinski definition) is 6. The van der Waals surface area contributed by atoms with Crippen LogP contribution in [-0.2, 0) is 21.2 Å². The molecule has 1 unspecified atom stereocenters. The topological polar surface area (TPSA) is 85.5 Å². The Bertz CT molecular complexity index is 620. The Hall–Kier alpha value is -0.990. The lowest BCUT2D eigenvalue weighted by atomic mass is 9.78. The van der Waals surface area contributed by atoms with Gasteiger partial charge in [0.2, 0.25) is 15.9 Å².